The van der Waals surface area contributed by atoms with Gasteiger partial charge in [-0.1, -0.05) is 41.4 Å². The molecular formula is C17H16Cl2N2O2S. The predicted molar refractivity (Wildman–Crippen MR) is 102 cm³/mol. The molecule has 1 amide bonds. The number of carbonyl (C=O) groups is 1. The molecule has 0 saturated heterocycles. The Morgan fingerprint density at radius 2 is 1.88 bits per heavy atom. The molecule has 0 saturated carbocycles. The zero-order valence-electron chi connectivity index (χ0n) is 12.7. The second-order valence-corrected chi connectivity index (χ2v) is 6.15. The number of thiocarbonyl (C=S) groups is 1. The van der Waals surface area contributed by atoms with Crippen LogP contribution < -0.4 is 15.4 Å². The van der Waals surface area contributed by atoms with Crippen LogP contribution in [-0.4, -0.2) is 17.6 Å². The number of hydrogen-bond acceptors (Lipinski definition) is 3. The van der Waals surface area contributed by atoms with Crippen LogP contribution in [0, 0.1) is 0 Å². The van der Waals surface area contributed by atoms with E-state index in [1.54, 1.807) is 18.2 Å². The number of benzene rings is 2. The largest absolute Gasteiger partial charge is 0.492 e. The molecule has 0 unspecified atom stereocenters. The van der Waals surface area contributed by atoms with Gasteiger partial charge < -0.3 is 15.4 Å². The molecule has 2 aromatic rings. The Hall–Kier alpha value is -1.82. The SMILES string of the molecule is O=C(CCCOc1ccc(Cl)cc1Cl)NC(=S)Nc1ccccc1. The van der Waals surface area contributed by atoms with Crippen molar-refractivity contribution in [3.8, 4) is 5.75 Å². The Morgan fingerprint density at radius 3 is 2.58 bits per heavy atom. The Balaban J connectivity index is 1.67. The number of carbonyl (C=O) groups excluding carboxylic acids is 1. The average Bonchev–Trinajstić information content (AvgIpc) is 2.54. The van der Waals surface area contributed by atoms with Crippen LogP contribution in [0.3, 0.4) is 0 Å². The number of anilines is 1. The minimum atomic E-state index is -0.172. The molecule has 0 heterocycles. The predicted octanol–water partition coefficient (Wildman–Crippen LogP) is 4.67. The summed E-state index contributed by atoms with van der Waals surface area (Å²) in [6.45, 7) is 0.369. The highest BCUT2D eigenvalue weighted by Gasteiger charge is 2.06. The van der Waals surface area contributed by atoms with Gasteiger partial charge in [-0.25, -0.2) is 0 Å². The summed E-state index contributed by atoms with van der Waals surface area (Å²) in [5.74, 6) is 0.372. The summed E-state index contributed by atoms with van der Waals surface area (Å²) in [6.07, 6.45) is 0.834. The van der Waals surface area contributed by atoms with E-state index in [2.05, 4.69) is 10.6 Å². The summed E-state index contributed by atoms with van der Waals surface area (Å²) in [6, 6.07) is 14.4. The van der Waals surface area contributed by atoms with Crippen LogP contribution in [0.2, 0.25) is 10.0 Å². The number of halogens is 2. The lowest BCUT2D eigenvalue weighted by molar-refractivity contribution is -0.119. The first kappa shape index (κ1) is 18.5. The van der Waals surface area contributed by atoms with E-state index in [4.69, 9.17) is 40.2 Å². The Bertz CT molecular complexity index is 711. The summed E-state index contributed by atoms with van der Waals surface area (Å²) in [5, 5.41) is 6.83. The Morgan fingerprint density at radius 1 is 1.12 bits per heavy atom. The molecule has 0 atom stereocenters. The zero-order chi connectivity index (χ0) is 17.4. The smallest absolute Gasteiger partial charge is 0.226 e. The molecule has 7 heteroatoms. The lowest BCUT2D eigenvalue weighted by Crippen LogP contribution is -2.34. The zero-order valence-corrected chi connectivity index (χ0v) is 15.0. The number of nitrogens with one attached hydrogen (secondary N) is 2. The highest BCUT2D eigenvalue weighted by atomic mass is 35.5. The lowest BCUT2D eigenvalue weighted by atomic mass is 10.3. The minimum Gasteiger partial charge on any atom is -0.492 e. The molecule has 0 bridgehead atoms. The molecule has 24 heavy (non-hydrogen) atoms. The van der Waals surface area contributed by atoms with Crippen molar-refractivity contribution in [2.24, 2.45) is 0 Å². The van der Waals surface area contributed by atoms with Gasteiger partial charge in [0.05, 0.1) is 11.6 Å². The van der Waals surface area contributed by atoms with Gasteiger partial charge in [-0.15, -0.1) is 0 Å². The van der Waals surface area contributed by atoms with Crippen molar-refractivity contribution in [1.29, 1.82) is 0 Å². The van der Waals surface area contributed by atoms with E-state index in [1.807, 2.05) is 30.3 Å². The molecule has 2 rings (SSSR count). The van der Waals surface area contributed by atoms with Gasteiger partial charge in [-0.05, 0) is 49.0 Å². The van der Waals surface area contributed by atoms with Crippen LogP contribution in [0.1, 0.15) is 12.8 Å². The summed E-state index contributed by atoms with van der Waals surface area (Å²) < 4.78 is 5.52. The number of para-hydroxylation sites is 1. The van der Waals surface area contributed by atoms with E-state index in [1.165, 1.54) is 0 Å². The third kappa shape index (κ3) is 6.35. The van der Waals surface area contributed by atoms with Crippen LogP contribution in [0.4, 0.5) is 5.69 Å². The first-order valence-electron chi connectivity index (χ1n) is 7.28. The standard InChI is InChI=1S/C17H16Cl2N2O2S/c18-12-8-9-15(14(19)11-12)23-10-4-7-16(22)21-17(24)20-13-5-2-1-3-6-13/h1-3,5-6,8-9,11H,4,7,10H2,(H2,20,21,22,24). The number of ether oxygens (including phenoxy) is 1. The third-order valence-electron chi connectivity index (χ3n) is 2.98. The van der Waals surface area contributed by atoms with E-state index in [0.29, 0.717) is 35.2 Å². The second-order valence-electron chi connectivity index (χ2n) is 4.90. The van der Waals surface area contributed by atoms with E-state index in [9.17, 15) is 4.79 Å². The van der Waals surface area contributed by atoms with Crippen molar-refractivity contribution in [2.75, 3.05) is 11.9 Å². The third-order valence-corrected chi connectivity index (χ3v) is 3.72. The highest BCUT2D eigenvalue weighted by molar-refractivity contribution is 7.80. The van der Waals surface area contributed by atoms with Crippen molar-refractivity contribution >= 4 is 52.1 Å². The first-order valence-corrected chi connectivity index (χ1v) is 8.45. The van der Waals surface area contributed by atoms with Gasteiger partial charge in [-0.3, -0.25) is 4.79 Å². The quantitative estimate of drug-likeness (QED) is 0.563. The fraction of sp³-hybridized carbons (Fsp3) is 0.176. The van der Waals surface area contributed by atoms with Gasteiger partial charge >= 0.3 is 0 Å². The summed E-state index contributed by atoms with van der Waals surface area (Å²) in [4.78, 5) is 11.8. The molecule has 126 valence electrons. The number of amides is 1. The molecule has 0 aliphatic heterocycles. The lowest BCUT2D eigenvalue weighted by Gasteiger charge is -2.10. The van der Waals surface area contributed by atoms with Crippen molar-refractivity contribution in [3.05, 3.63) is 58.6 Å². The summed E-state index contributed by atoms with van der Waals surface area (Å²) in [7, 11) is 0. The fourth-order valence-electron chi connectivity index (χ4n) is 1.88. The average molecular weight is 383 g/mol. The van der Waals surface area contributed by atoms with Crippen molar-refractivity contribution in [1.82, 2.24) is 5.32 Å². The van der Waals surface area contributed by atoms with E-state index in [-0.39, 0.29) is 11.0 Å². The topological polar surface area (TPSA) is 50.4 Å². The van der Waals surface area contributed by atoms with Gasteiger partial charge in [0, 0.05) is 17.1 Å². The summed E-state index contributed by atoms with van der Waals surface area (Å²) in [5.41, 5.74) is 0.823. The van der Waals surface area contributed by atoms with Crippen molar-refractivity contribution in [2.45, 2.75) is 12.8 Å². The molecule has 0 aromatic heterocycles. The van der Waals surface area contributed by atoms with Crippen LogP contribution >= 0.6 is 35.4 Å². The number of rotatable bonds is 6. The van der Waals surface area contributed by atoms with Crippen molar-refractivity contribution in [3.63, 3.8) is 0 Å². The molecule has 2 N–H and O–H groups in total. The molecule has 4 nitrogen and oxygen atoms in total. The molecule has 0 radical (unpaired) electrons. The van der Waals surface area contributed by atoms with Gasteiger partial charge in [0.25, 0.3) is 0 Å². The van der Waals surface area contributed by atoms with Crippen LogP contribution in [-0.2, 0) is 4.79 Å². The van der Waals surface area contributed by atoms with Gasteiger partial charge in [-0.2, -0.15) is 0 Å². The fourth-order valence-corrected chi connectivity index (χ4v) is 2.57. The van der Waals surface area contributed by atoms with E-state index < -0.39 is 0 Å². The van der Waals surface area contributed by atoms with Crippen LogP contribution in [0.5, 0.6) is 5.75 Å². The van der Waals surface area contributed by atoms with Gasteiger partial charge in [0.1, 0.15) is 5.75 Å². The maximum atomic E-state index is 11.8. The van der Waals surface area contributed by atoms with Crippen LogP contribution in [0.25, 0.3) is 0 Å². The molecule has 0 aliphatic rings. The normalized spacial score (nSPS) is 10.1. The van der Waals surface area contributed by atoms with Gasteiger partial charge in [0.15, 0.2) is 5.11 Å². The molecular weight excluding hydrogens is 367 g/mol. The molecule has 0 aliphatic carbocycles. The van der Waals surface area contributed by atoms with E-state index in [0.717, 1.165) is 5.69 Å². The highest BCUT2D eigenvalue weighted by Crippen LogP contribution is 2.27. The Kier molecular flexibility index (Phi) is 7.31. The minimum absolute atomic E-state index is 0.172. The molecule has 0 fully saturated rings. The van der Waals surface area contributed by atoms with Gasteiger partial charge in [0.2, 0.25) is 5.91 Å². The Labute approximate surface area is 156 Å². The van der Waals surface area contributed by atoms with Crippen molar-refractivity contribution < 1.29 is 9.53 Å². The van der Waals surface area contributed by atoms with E-state index >= 15 is 0 Å². The molecule has 0 spiro atoms. The van der Waals surface area contributed by atoms with Crippen LogP contribution in [0.15, 0.2) is 48.5 Å². The summed E-state index contributed by atoms with van der Waals surface area (Å²) >= 11 is 16.9. The maximum absolute atomic E-state index is 11.8. The second kappa shape index (κ2) is 9.47. The molecule has 2 aromatic carbocycles. The first-order chi connectivity index (χ1) is 11.5. The maximum Gasteiger partial charge on any atom is 0.226 e. The number of hydrogen-bond donors (Lipinski definition) is 2. The monoisotopic (exact) mass is 382 g/mol.